The molecule has 17 aromatic carbocycles. The largest absolute Gasteiger partial charge is 0.308 e. The molecule has 2 aliphatic rings. The third-order valence-electron chi connectivity index (χ3n) is 23.7. The number of fused-ring (bicyclic) bond motifs is 22. The van der Waals surface area contributed by atoms with Crippen molar-refractivity contribution in [3.8, 4) is 66.8 Å². The molecule has 0 radical (unpaired) electrons. The van der Waals surface area contributed by atoms with E-state index >= 15 is 0 Å². The van der Waals surface area contributed by atoms with Crippen LogP contribution >= 0.6 is 0 Å². The molecule has 0 fully saturated rings. The average Bonchev–Trinajstić information content (AvgIpc) is 1.54. The highest BCUT2D eigenvalue weighted by Gasteiger charge is 2.46. The monoisotopic (exact) mass is 1260 g/mol. The highest BCUT2D eigenvalue weighted by molar-refractivity contribution is 6.29. The molecule has 2 heteroatoms. The van der Waals surface area contributed by atoms with Gasteiger partial charge >= 0.3 is 0 Å². The minimum absolute atomic E-state index is 0.0554. The summed E-state index contributed by atoms with van der Waals surface area (Å²) in [5.41, 5.74) is 30.0. The van der Waals surface area contributed by atoms with E-state index in [0.29, 0.717) is 0 Å². The van der Waals surface area contributed by atoms with Crippen LogP contribution in [0.4, 0.5) is 0 Å². The summed E-state index contributed by atoms with van der Waals surface area (Å²) in [5.74, 6) is 0. The number of rotatable bonds is 6. The van der Waals surface area contributed by atoms with Gasteiger partial charge in [0.15, 0.2) is 0 Å². The number of hydrogen-bond donors (Lipinski definition) is 0. The number of nitrogens with zero attached hydrogens (tertiary/aromatic N) is 2. The van der Waals surface area contributed by atoms with E-state index in [1.165, 1.54) is 219 Å². The second-order valence-electron chi connectivity index (χ2n) is 29.1. The molecular formula is C98H60N2. The highest BCUT2D eigenvalue weighted by atomic mass is 14.9. The lowest BCUT2D eigenvalue weighted by molar-refractivity contribution is 0.660. The molecule has 0 N–H and O–H groups in total. The lowest BCUT2D eigenvalue weighted by Crippen LogP contribution is -2.28. The summed E-state index contributed by atoms with van der Waals surface area (Å²) < 4.78 is 5.10. The first-order chi connectivity index (χ1) is 49.3. The maximum absolute atomic E-state index is 2.55. The molecule has 0 bridgehead atoms. The van der Waals surface area contributed by atoms with Crippen LogP contribution in [-0.4, -0.2) is 8.80 Å². The van der Waals surface area contributed by atoms with E-state index in [2.05, 4.69) is 350 Å². The zero-order valence-corrected chi connectivity index (χ0v) is 55.1. The van der Waals surface area contributed by atoms with E-state index in [9.17, 15) is 0 Å². The molecule has 0 saturated carbocycles. The van der Waals surface area contributed by atoms with Crippen LogP contribution in [0.3, 0.4) is 0 Å². The van der Waals surface area contributed by atoms with Crippen molar-refractivity contribution in [2.75, 3.05) is 0 Å². The van der Waals surface area contributed by atoms with E-state index in [1.54, 1.807) is 0 Å². The van der Waals surface area contributed by atoms with Gasteiger partial charge < -0.3 is 8.80 Å². The van der Waals surface area contributed by atoms with Gasteiger partial charge in [-0.05, 0) is 234 Å². The third kappa shape index (κ3) is 7.26. The molecule has 2 nitrogen and oxygen atoms in total. The summed E-state index contributed by atoms with van der Waals surface area (Å²) in [4.78, 5) is 0. The van der Waals surface area contributed by atoms with Crippen LogP contribution in [0.2, 0.25) is 0 Å². The SMILES string of the molecule is CC1(C)c2ccccc2-c2ccc(-c3ccc(-c4cc5c6cc7ccccc7cc6n6c7cc8ccc(-c9ccc%10cc%11c(cc%10c9)c9cc(-c%10ccc(C%12(c%13ccccc%13)c%13ccccc%13-c%13ccccc%13%12)cc%10)cc%10c%12cc%13ccccc%13cc%12n%11c%109)cc8cc7c(c4)c56)cc3)cc21. The molecule has 23 rings (SSSR count). The van der Waals surface area contributed by atoms with E-state index in [0.717, 1.165) is 0 Å². The summed E-state index contributed by atoms with van der Waals surface area (Å²) in [6.45, 7) is 4.73. The summed E-state index contributed by atoms with van der Waals surface area (Å²) in [7, 11) is 0. The van der Waals surface area contributed by atoms with Crippen LogP contribution in [0, 0.1) is 0 Å². The Balaban J connectivity index is 0.659. The average molecular weight is 1270 g/mol. The van der Waals surface area contributed by atoms with Crippen LogP contribution in [-0.2, 0) is 10.8 Å². The normalized spacial score (nSPS) is 13.9. The van der Waals surface area contributed by atoms with Crippen LogP contribution in [0.15, 0.2) is 328 Å². The molecule has 21 aromatic rings. The molecule has 0 saturated heterocycles. The van der Waals surface area contributed by atoms with Gasteiger partial charge in [-0.1, -0.05) is 250 Å². The molecule has 2 aliphatic carbocycles. The Morgan fingerprint density at radius 3 is 0.990 bits per heavy atom. The van der Waals surface area contributed by atoms with Gasteiger partial charge in [0, 0.05) is 48.5 Å². The van der Waals surface area contributed by atoms with Crippen LogP contribution in [0.5, 0.6) is 0 Å². The van der Waals surface area contributed by atoms with E-state index in [-0.39, 0.29) is 5.41 Å². The molecule has 462 valence electrons. The van der Waals surface area contributed by atoms with Gasteiger partial charge in [0.05, 0.1) is 38.5 Å². The Morgan fingerprint density at radius 1 is 0.200 bits per heavy atom. The zero-order chi connectivity index (χ0) is 65.4. The second-order valence-corrected chi connectivity index (χ2v) is 29.1. The van der Waals surface area contributed by atoms with E-state index < -0.39 is 5.41 Å². The predicted octanol–water partition coefficient (Wildman–Crippen LogP) is 25.9. The summed E-state index contributed by atoms with van der Waals surface area (Å²) in [5, 5.41) is 20.1. The van der Waals surface area contributed by atoms with Gasteiger partial charge in [-0.2, -0.15) is 0 Å². The quantitative estimate of drug-likeness (QED) is 0.157. The summed E-state index contributed by atoms with van der Waals surface area (Å²) in [6.07, 6.45) is 0. The Bertz CT molecular complexity index is 7090. The molecule has 0 amide bonds. The molecule has 100 heavy (non-hydrogen) atoms. The van der Waals surface area contributed by atoms with Gasteiger partial charge in [-0.3, -0.25) is 0 Å². The number of aromatic nitrogens is 2. The van der Waals surface area contributed by atoms with E-state index in [4.69, 9.17) is 0 Å². The fraction of sp³-hybridized carbons (Fsp3) is 0.0408. The lowest BCUT2D eigenvalue weighted by atomic mass is 9.67. The minimum atomic E-state index is -0.461. The maximum atomic E-state index is 2.55. The molecule has 0 spiro atoms. The second kappa shape index (κ2) is 19.6. The zero-order valence-electron chi connectivity index (χ0n) is 55.1. The van der Waals surface area contributed by atoms with Gasteiger partial charge in [-0.25, -0.2) is 0 Å². The predicted molar refractivity (Wildman–Crippen MR) is 422 cm³/mol. The Hall–Kier alpha value is -12.6. The molecule has 4 aromatic heterocycles. The van der Waals surface area contributed by atoms with Crippen molar-refractivity contribution in [3.63, 3.8) is 0 Å². The lowest BCUT2D eigenvalue weighted by Gasteiger charge is -2.34. The van der Waals surface area contributed by atoms with Gasteiger partial charge in [0.25, 0.3) is 0 Å². The van der Waals surface area contributed by atoms with Gasteiger partial charge in [0.2, 0.25) is 0 Å². The molecular weight excluding hydrogens is 1210 g/mol. The van der Waals surface area contributed by atoms with E-state index in [1.807, 2.05) is 0 Å². The van der Waals surface area contributed by atoms with Crippen molar-refractivity contribution < 1.29 is 0 Å². The Labute approximate surface area is 576 Å². The molecule has 0 atom stereocenters. The Morgan fingerprint density at radius 2 is 0.520 bits per heavy atom. The molecule has 0 aliphatic heterocycles. The van der Waals surface area contributed by atoms with Crippen LogP contribution < -0.4 is 0 Å². The van der Waals surface area contributed by atoms with Crippen LogP contribution in [0.25, 0.3) is 186 Å². The van der Waals surface area contributed by atoms with Crippen molar-refractivity contribution in [3.05, 3.63) is 361 Å². The molecule has 4 heterocycles. The van der Waals surface area contributed by atoms with Gasteiger partial charge in [-0.15, -0.1) is 0 Å². The van der Waals surface area contributed by atoms with Crippen molar-refractivity contribution in [1.29, 1.82) is 0 Å². The Kier molecular flexibility index (Phi) is 10.7. The van der Waals surface area contributed by atoms with Crippen molar-refractivity contribution in [1.82, 2.24) is 8.80 Å². The summed E-state index contributed by atoms with van der Waals surface area (Å²) >= 11 is 0. The topological polar surface area (TPSA) is 8.82 Å². The van der Waals surface area contributed by atoms with Crippen molar-refractivity contribution in [2.45, 2.75) is 24.7 Å². The first-order valence-corrected chi connectivity index (χ1v) is 35.2. The first-order valence-electron chi connectivity index (χ1n) is 35.2. The fourth-order valence-corrected chi connectivity index (χ4v) is 19.0. The number of benzene rings is 17. The van der Waals surface area contributed by atoms with Crippen molar-refractivity contribution >= 4 is 119 Å². The third-order valence-corrected chi connectivity index (χ3v) is 23.7. The maximum Gasteiger partial charge on any atom is 0.0713 e. The molecule has 0 unspecified atom stereocenters. The first kappa shape index (κ1) is 54.5. The standard InChI is InChI=1S/C98H60N2/c1-97(2)87-25-13-10-22-75(87)78-41-38-66(52-90(78)97)57-28-30-58(31-29-57)71-48-83-79-44-60-16-6-8-18-62(60)53-91(79)99-93-55-67-34-32-64(42-69(67)46-81(93)85(49-71)95(83)99)65-33-35-68-56-94-82(47-70(68)43-65)86-51-72(50-84-80-45-61-17-7-9-19-63(61)54-92(80)100(94)96(84)86)59-36-39-74(40-37-59)98(73-20-4-3-5-21-73)88-26-14-11-23-76(88)77-24-12-15-27-89(77)98/h3-56H,1-2H3. The highest BCUT2D eigenvalue weighted by Crippen LogP contribution is 2.57. The van der Waals surface area contributed by atoms with Crippen LogP contribution in [0.1, 0.15) is 47.2 Å². The fourth-order valence-electron chi connectivity index (χ4n) is 19.0. The van der Waals surface area contributed by atoms with Crippen molar-refractivity contribution in [2.24, 2.45) is 0 Å². The smallest absolute Gasteiger partial charge is 0.0713 e. The van der Waals surface area contributed by atoms with Gasteiger partial charge in [0.1, 0.15) is 0 Å². The minimum Gasteiger partial charge on any atom is -0.308 e. The number of hydrogen-bond acceptors (Lipinski definition) is 0. The summed E-state index contributed by atoms with van der Waals surface area (Å²) in [6, 6.07) is 125.